The number of alkyl halides is 3. The van der Waals surface area contributed by atoms with Crippen LogP contribution in [0.3, 0.4) is 0 Å². The molecule has 1 unspecified atom stereocenters. The number of halogens is 4. The molecule has 0 aliphatic carbocycles. The van der Waals surface area contributed by atoms with Gasteiger partial charge in [-0.1, -0.05) is 0 Å². The van der Waals surface area contributed by atoms with Crippen LogP contribution in [0, 0.1) is 5.82 Å². The lowest BCUT2D eigenvalue weighted by molar-refractivity contribution is -0.198. The second kappa shape index (κ2) is 5.30. The standard InChI is InChI=1S/C10H12F4N2O2/c1-18-8-3-7(6(15)2-5(8)11)16-4-9(17)10(12,13)14/h2-3,9,16-17H,4,15H2,1H3. The summed E-state index contributed by atoms with van der Waals surface area (Å²) in [6, 6.07) is 2.04. The summed E-state index contributed by atoms with van der Waals surface area (Å²) in [4.78, 5) is 0. The van der Waals surface area contributed by atoms with Crippen molar-refractivity contribution in [3.63, 3.8) is 0 Å². The first-order valence-electron chi connectivity index (χ1n) is 4.87. The second-order valence-corrected chi connectivity index (χ2v) is 3.51. The number of aliphatic hydroxyl groups excluding tert-OH is 1. The van der Waals surface area contributed by atoms with Gasteiger partial charge in [0.05, 0.1) is 18.5 Å². The smallest absolute Gasteiger partial charge is 0.416 e. The Balaban J connectivity index is 2.79. The van der Waals surface area contributed by atoms with E-state index >= 15 is 0 Å². The van der Waals surface area contributed by atoms with Crippen LogP contribution in [0.4, 0.5) is 28.9 Å². The van der Waals surface area contributed by atoms with Gasteiger partial charge in [-0.15, -0.1) is 0 Å². The lowest BCUT2D eigenvalue weighted by Gasteiger charge is -2.17. The number of hydrogen-bond donors (Lipinski definition) is 3. The average molecular weight is 268 g/mol. The van der Waals surface area contributed by atoms with Crippen LogP contribution in [0.2, 0.25) is 0 Å². The Kier molecular flexibility index (Phi) is 4.23. The van der Waals surface area contributed by atoms with Crippen LogP contribution < -0.4 is 15.8 Å². The zero-order valence-corrected chi connectivity index (χ0v) is 9.38. The van der Waals surface area contributed by atoms with Crippen LogP contribution in [0.1, 0.15) is 0 Å². The average Bonchev–Trinajstić information content (AvgIpc) is 2.26. The lowest BCUT2D eigenvalue weighted by Crippen LogP contribution is -2.35. The monoisotopic (exact) mass is 268 g/mol. The van der Waals surface area contributed by atoms with Crippen LogP contribution in [0.25, 0.3) is 0 Å². The van der Waals surface area contributed by atoms with Crippen LogP contribution in [-0.4, -0.2) is 31.0 Å². The third-order valence-corrected chi connectivity index (χ3v) is 2.19. The van der Waals surface area contributed by atoms with Crippen LogP contribution in [0.15, 0.2) is 12.1 Å². The predicted octanol–water partition coefficient (Wildman–Crippen LogP) is 1.75. The van der Waals surface area contributed by atoms with Gasteiger partial charge in [-0.25, -0.2) is 4.39 Å². The Bertz CT molecular complexity index is 423. The number of benzene rings is 1. The van der Waals surface area contributed by atoms with Gasteiger partial charge in [-0.3, -0.25) is 0 Å². The fraction of sp³-hybridized carbons (Fsp3) is 0.400. The molecule has 18 heavy (non-hydrogen) atoms. The number of nitrogen functional groups attached to an aromatic ring is 1. The maximum absolute atomic E-state index is 13.2. The number of nitrogens with one attached hydrogen (secondary N) is 1. The Morgan fingerprint density at radius 3 is 2.56 bits per heavy atom. The molecule has 0 saturated heterocycles. The predicted molar refractivity (Wildman–Crippen MR) is 57.9 cm³/mol. The first-order valence-corrected chi connectivity index (χ1v) is 4.87. The number of rotatable bonds is 4. The molecule has 1 atom stereocenters. The molecule has 0 amide bonds. The quantitative estimate of drug-likeness (QED) is 0.575. The molecule has 0 aromatic heterocycles. The minimum absolute atomic E-state index is 0.0524. The molecule has 0 saturated carbocycles. The summed E-state index contributed by atoms with van der Waals surface area (Å²) < 4.78 is 54.0. The van der Waals surface area contributed by atoms with Crippen molar-refractivity contribution in [3.8, 4) is 5.75 Å². The molecule has 0 aliphatic rings. The van der Waals surface area contributed by atoms with E-state index in [0.717, 1.165) is 12.1 Å². The molecule has 0 heterocycles. The van der Waals surface area contributed by atoms with Gasteiger partial charge in [0.1, 0.15) is 0 Å². The molecular formula is C10H12F4N2O2. The highest BCUT2D eigenvalue weighted by Gasteiger charge is 2.37. The van der Waals surface area contributed by atoms with Crippen molar-refractivity contribution < 1.29 is 27.4 Å². The van der Waals surface area contributed by atoms with Crippen LogP contribution in [0.5, 0.6) is 5.75 Å². The summed E-state index contributed by atoms with van der Waals surface area (Å²) >= 11 is 0. The van der Waals surface area contributed by atoms with Crippen molar-refractivity contribution in [1.29, 1.82) is 0 Å². The maximum Gasteiger partial charge on any atom is 0.416 e. The van der Waals surface area contributed by atoms with Crippen LogP contribution in [-0.2, 0) is 0 Å². The highest BCUT2D eigenvalue weighted by molar-refractivity contribution is 5.68. The molecule has 1 rings (SSSR count). The van der Waals surface area contributed by atoms with Gasteiger partial charge in [-0.05, 0) is 0 Å². The Morgan fingerprint density at radius 2 is 2.06 bits per heavy atom. The molecule has 0 bridgehead atoms. The summed E-state index contributed by atoms with van der Waals surface area (Å²) in [5, 5.41) is 11.1. The van der Waals surface area contributed by atoms with E-state index in [2.05, 4.69) is 10.1 Å². The number of aliphatic hydroxyl groups is 1. The van der Waals surface area contributed by atoms with Crippen molar-refractivity contribution in [2.45, 2.75) is 12.3 Å². The molecule has 1 aromatic carbocycles. The van der Waals surface area contributed by atoms with Gasteiger partial charge >= 0.3 is 6.18 Å². The van der Waals surface area contributed by atoms with E-state index < -0.39 is 24.6 Å². The molecule has 102 valence electrons. The summed E-state index contributed by atoms with van der Waals surface area (Å²) in [6.07, 6.45) is -7.26. The third-order valence-electron chi connectivity index (χ3n) is 2.19. The maximum atomic E-state index is 13.2. The summed E-state index contributed by atoms with van der Waals surface area (Å²) in [5.41, 5.74) is 5.39. The van der Waals surface area contributed by atoms with E-state index in [1.165, 1.54) is 7.11 Å². The lowest BCUT2D eigenvalue weighted by atomic mass is 10.2. The molecule has 8 heteroatoms. The molecule has 4 N–H and O–H groups in total. The zero-order valence-electron chi connectivity index (χ0n) is 9.38. The Hall–Kier alpha value is -1.70. The van der Waals surface area contributed by atoms with Crippen molar-refractivity contribution in [3.05, 3.63) is 17.9 Å². The number of ether oxygens (including phenoxy) is 1. The number of hydrogen-bond acceptors (Lipinski definition) is 4. The van der Waals surface area contributed by atoms with Crippen molar-refractivity contribution in [2.24, 2.45) is 0 Å². The molecule has 1 aromatic rings. The van der Waals surface area contributed by atoms with Gasteiger partial charge in [-0.2, -0.15) is 13.2 Å². The number of nitrogens with two attached hydrogens (primary N) is 1. The normalized spacial score (nSPS) is 13.2. The SMILES string of the molecule is COc1cc(NCC(O)C(F)(F)F)c(N)cc1F. The Morgan fingerprint density at radius 1 is 1.44 bits per heavy atom. The van der Waals surface area contributed by atoms with Crippen LogP contribution >= 0.6 is 0 Å². The fourth-order valence-corrected chi connectivity index (χ4v) is 1.20. The van der Waals surface area contributed by atoms with Crippen molar-refractivity contribution >= 4 is 11.4 Å². The van der Waals surface area contributed by atoms with Gasteiger partial charge in [0.25, 0.3) is 0 Å². The van der Waals surface area contributed by atoms with E-state index in [0.29, 0.717) is 0 Å². The largest absolute Gasteiger partial charge is 0.494 e. The fourth-order valence-electron chi connectivity index (χ4n) is 1.20. The first-order chi connectivity index (χ1) is 8.25. The van der Waals surface area contributed by atoms with Gasteiger partial charge < -0.3 is 20.9 Å². The highest BCUT2D eigenvalue weighted by Crippen LogP contribution is 2.28. The topological polar surface area (TPSA) is 67.5 Å². The van der Waals surface area contributed by atoms with E-state index in [9.17, 15) is 17.6 Å². The van der Waals surface area contributed by atoms with Gasteiger partial charge in [0, 0.05) is 18.7 Å². The molecular weight excluding hydrogens is 256 g/mol. The van der Waals surface area contributed by atoms with Crippen molar-refractivity contribution in [1.82, 2.24) is 0 Å². The van der Waals surface area contributed by atoms with E-state index in [1.54, 1.807) is 0 Å². The molecule has 4 nitrogen and oxygen atoms in total. The van der Waals surface area contributed by atoms with E-state index in [4.69, 9.17) is 10.8 Å². The highest BCUT2D eigenvalue weighted by atomic mass is 19.4. The first kappa shape index (κ1) is 14.4. The molecule has 0 aliphatic heterocycles. The van der Waals surface area contributed by atoms with Gasteiger partial charge in [0.2, 0.25) is 0 Å². The summed E-state index contributed by atoms with van der Waals surface area (Å²) in [5.74, 6) is -0.884. The zero-order chi connectivity index (χ0) is 13.9. The Labute approximate surface area is 100 Å². The number of methoxy groups -OCH3 is 1. The minimum Gasteiger partial charge on any atom is -0.494 e. The second-order valence-electron chi connectivity index (χ2n) is 3.51. The summed E-state index contributed by atoms with van der Waals surface area (Å²) in [6.45, 7) is -0.789. The van der Waals surface area contributed by atoms with Gasteiger partial charge in [0.15, 0.2) is 17.7 Å². The third kappa shape index (κ3) is 3.39. The molecule has 0 spiro atoms. The summed E-state index contributed by atoms with van der Waals surface area (Å²) in [7, 11) is 1.21. The molecule has 0 radical (unpaired) electrons. The molecule has 0 fully saturated rings. The minimum atomic E-state index is -4.73. The van der Waals surface area contributed by atoms with E-state index in [-0.39, 0.29) is 17.1 Å². The van der Waals surface area contributed by atoms with E-state index in [1.807, 2.05) is 0 Å². The van der Waals surface area contributed by atoms with Crippen molar-refractivity contribution in [2.75, 3.05) is 24.7 Å². The number of anilines is 2.